The van der Waals surface area contributed by atoms with E-state index in [2.05, 4.69) is 11.1 Å². The van der Waals surface area contributed by atoms with Gasteiger partial charge in [0.2, 0.25) is 0 Å². The minimum absolute atomic E-state index is 0.575. The molecule has 1 aromatic carbocycles. The van der Waals surface area contributed by atoms with E-state index in [1.807, 2.05) is 19.1 Å². The van der Waals surface area contributed by atoms with E-state index in [1.54, 1.807) is 19.5 Å². The van der Waals surface area contributed by atoms with Crippen LogP contribution in [0.15, 0.2) is 24.5 Å². The summed E-state index contributed by atoms with van der Waals surface area (Å²) in [5.74, 6) is 0.789. The van der Waals surface area contributed by atoms with Crippen molar-refractivity contribution < 1.29 is 4.74 Å². The maximum absolute atomic E-state index is 8.94. The number of hydrogen-bond acceptors (Lipinski definition) is 3. The summed E-state index contributed by atoms with van der Waals surface area (Å²) in [6.45, 7) is 1.97. The second kappa shape index (κ2) is 3.58. The van der Waals surface area contributed by atoms with E-state index in [9.17, 15) is 0 Å². The molecule has 3 heteroatoms. The van der Waals surface area contributed by atoms with E-state index in [0.717, 1.165) is 22.1 Å². The Labute approximate surface area is 87.9 Å². The smallest absolute Gasteiger partial charge is 0.131 e. The summed E-state index contributed by atoms with van der Waals surface area (Å²) < 4.78 is 5.31. The van der Waals surface area contributed by atoms with Crippen LogP contribution < -0.4 is 4.74 Å². The van der Waals surface area contributed by atoms with Crippen LogP contribution >= 0.6 is 0 Å². The van der Waals surface area contributed by atoms with Crippen LogP contribution in [0.3, 0.4) is 0 Å². The number of hydrogen-bond donors (Lipinski definition) is 0. The van der Waals surface area contributed by atoms with E-state index in [0.29, 0.717) is 5.56 Å². The number of fused-ring (bicyclic) bond motifs is 1. The SMILES string of the molecule is COc1c(C)ccc2c(C#N)cncc12. The number of nitriles is 1. The Morgan fingerprint density at radius 1 is 1.27 bits per heavy atom. The predicted octanol–water partition coefficient (Wildman–Crippen LogP) is 2.42. The zero-order valence-electron chi connectivity index (χ0n) is 8.61. The second-order valence-corrected chi connectivity index (χ2v) is 3.31. The van der Waals surface area contributed by atoms with E-state index in [-0.39, 0.29) is 0 Å². The lowest BCUT2D eigenvalue weighted by Crippen LogP contribution is -1.91. The summed E-state index contributed by atoms with van der Waals surface area (Å²) in [6, 6.07) is 5.99. The van der Waals surface area contributed by atoms with E-state index >= 15 is 0 Å². The van der Waals surface area contributed by atoms with Gasteiger partial charge in [-0.2, -0.15) is 5.26 Å². The highest BCUT2D eigenvalue weighted by Gasteiger charge is 2.07. The van der Waals surface area contributed by atoms with Gasteiger partial charge in [0.05, 0.1) is 12.7 Å². The van der Waals surface area contributed by atoms with Crippen molar-refractivity contribution in [2.24, 2.45) is 0 Å². The van der Waals surface area contributed by atoms with Crippen LogP contribution in [0.1, 0.15) is 11.1 Å². The van der Waals surface area contributed by atoms with Crippen molar-refractivity contribution in [2.75, 3.05) is 7.11 Å². The van der Waals surface area contributed by atoms with Crippen molar-refractivity contribution in [3.63, 3.8) is 0 Å². The van der Waals surface area contributed by atoms with Gasteiger partial charge in [0.1, 0.15) is 11.8 Å². The molecule has 0 N–H and O–H groups in total. The third-order valence-electron chi connectivity index (χ3n) is 2.41. The van der Waals surface area contributed by atoms with Gasteiger partial charge in [-0.3, -0.25) is 4.98 Å². The third kappa shape index (κ3) is 1.40. The molecule has 0 amide bonds. The largest absolute Gasteiger partial charge is 0.496 e. The molecule has 0 bridgehead atoms. The van der Waals surface area contributed by atoms with Crippen LogP contribution in [0.25, 0.3) is 10.8 Å². The second-order valence-electron chi connectivity index (χ2n) is 3.31. The average molecular weight is 198 g/mol. The van der Waals surface area contributed by atoms with Gasteiger partial charge in [0.15, 0.2) is 0 Å². The van der Waals surface area contributed by atoms with Crippen LogP contribution in [-0.2, 0) is 0 Å². The number of aromatic nitrogens is 1. The molecule has 3 nitrogen and oxygen atoms in total. The Kier molecular flexibility index (Phi) is 2.26. The predicted molar refractivity (Wildman–Crippen MR) is 57.7 cm³/mol. The Morgan fingerprint density at radius 3 is 2.73 bits per heavy atom. The fourth-order valence-electron chi connectivity index (χ4n) is 1.69. The third-order valence-corrected chi connectivity index (χ3v) is 2.41. The monoisotopic (exact) mass is 198 g/mol. The summed E-state index contributed by atoms with van der Waals surface area (Å²) in [6.07, 6.45) is 3.29. The number of ether oxygens (including phenoxy) is 1. The molecule has 0 unspecified atom stereocenters. The molecule has 1 heterocycles. The van der Waals surface area contributed by atoms with Crippen LogP contribution in [0.2, 0.25) is 0 Å². The van der Waals surface area contributed by atoms with Gasteiger partial charge in [-0.1, -0.05) is 12.1 Å². The molecule has 0 aliphatic carbocycles. The Hall–Kier alpha value is -2.08. The molecule has 0 fully saturated rings. The van der Waals surface area contributed by atoms with Crippen molar-refractivity contribution in [3.8, 4) is 11.8 Å². The molecule has 0 atom stereocenters. The van der Waals surface area contributed by atoms with E-state index in [1.165, 1.54) is 0 Å². The molecular weight excluding hydrogens is 188 g/mol. The van der Waals surface area contributed by atoms with E-state index < -0.39 is 0 Å². The molecule has 0 saturated heterocycles. The standard InChI is InChI=1S/C12H10N2O/c1-8-3-4-10-9(5-13)6-14-7-11(10)12(8)15-2/h3-4,6-7H,1-2H3. The first-order valence-corrected chi connectivity index (χ1v) is 4.59. The van der Waals surface area contributed by atoms with Gasteiger partial charge in [-0.05, 0) is 12.5 Å². The lowest BCUT2D eigenvalue weighted by Gasteiger charge is -2.08. The summed E-state index contributed by atoms with van der Waals surface area (Å²) in [7, 11) is 1.63. The van der Waals surface area contributed by atoms with Crippen LogP contribution in [0.5, 0.6) is 5.75 Å². The van der Waals surface area contributed by atoms with Gasteiger partial charge in [0, 0.05) is 23.2 Å². The normalized spacial score (nSPS) is 9.93. The molecule has 74 valence electrons. The number of methoxy groups -OCH3 is 1. The first-order chi connectivity index (χ1) is 7.27. The molecule has 2 rings (SSSR count). The molecule has 0 saturated carbocycles. The number of nitrogens with zero attached hydrogens (tertiary/aromatic N) is 2. The quantitative estimate of drug-likeness (QED) is 0.706. The summed E-state index contributed by atoms with van der Waals surface area (Å²) >= 11 is 0. The lowest BCUT2D eigenvalue weighted by atomic mass is 10.0. The maximum atomic E-state index is 8.94. The highest BCUT2D eigenvalue weighted by atomic mass is 16.5. The fraction of sp³-hybridized carbons (Fsp3) is 0.167. The first kappa shape index (κ1) is 9.47. The van der Waals surface area contributed by atoms with Gasteiger partial charge >= 0.3 is 0 Å². The van der Waals surface area contributed by atoms with Crippen molar-refractivity contribution in [1.82, 2.24) is 4.98 Å². The van der Waals surface area contributed by atoms with E-state index in [4.69, 9.17) is 10.00 Å². The number of rotatable bonds is 1. The van der Waals surface area contributed by atoms with Gasteiger partial charge in [-0.25, -0.2) is 0 Å². The van der Waals surface area contributed by atoms with Crippen molar-refractivity contribution in [2.45, 2.75) is 6.92 Å². The van der Waals surface area contributed by atoms with Gasteiger partial charge < -0.3 is 4.74 Å². The fourth-order valence-corrected chi connectivity index (χ4v) is 1.69. The average Bonchev–Trinajstić information content (AvgIpc) is 2.28. The Balaban J connectivity index is 2.90. The molecule has 2 aromatic rings. The summed E-state index contributed by atoms with van der Waals surface area (Å²) in [4.78, 5) is 4.03. The lowest BCUT2D eigenvalue weighted by molar-refractivity contribution is 0.416. The molecular formula is C12H10N2O. The molecule has 0 spiro atoms. The topological polar surface area (TPSA) is 45.9 Å². The molecule has 0 aliphatic rings. The number of aryl methyl sites for hydroxylation is 1. The van der Waals surface area contributed by atoms with Gasteiger partial charge in [-0.15, -0.1) is 0 Å². The zero-order chi connectivity index (χ0) is 10.8. The minimum Gasteiger partial charge on any atom is -0.496 e. The van der Waals surface area contributed by atoms with Crippen LogP contribution in [0.4, 0.5) is 0 Å². The number of pyridine rings is 1. The van der Waals surface area contributed by atoms with Crippen LogP contribution in [-0.4, -0.2) is 12.1 Å². The summed E-state index contributed by atoms with van der Waals surface area (Å²) in [5.41, 5.74) is 1.62. The molecule has 0 radical (unpaired) electrons. The van der Waals surface area contributed by atoms with Gasteiger partial charge in [0.25, 0.3) is 0 Å². The summed E-state index contributed by atoms with van der Waals surface area (Å²) in [5, 5.41) is 10.7. The Morgan fingerprint density at radius 2 is 2.07 bits per heavy atom. The zero-order valence-corrected chi connectivity index (χ0v) is 8.61. The first-order valence-electron chi connectivity index (χ1n) is 4.59. The van der Waals surface area contributed by atoms with Crippen molar-refractivity contribution in [1.29, 1.82) is 5.26 Å². The van der Waals surface area contributed by atoms with Crippen molar-refractivity contribution in [3.05, 3.63) is 35.7 Å². The highest BCUT2D eigenvalue weighted by molar-refractivity contribution is 5.92. The van der Waals surface area contributed by atoms with Crippen molar-refractivity contribution >= 4 is 10.8 Å². The Bertz CT molecular complexity index is 555. The maximum Gasteiger partial charge on any atom is 0.131 e. The molecule has 1 aromatic heterocycles. The number of benzene rings is 1. The minimum atomic E-state index is 0.575. The van der Waals surface area contributed by atoms with Crippen LogP contribution in [0, 0.1) is 18.3 Å². The highest BCUT2D eigenvalue weighted by Crippen LogP contribution is 2.29. The molecule has 15 heavy (non-hydrogen) atoms. The molecule has 0 aliphatic heterocycles.